The Morgan fingerprint density at radius 2 is 2.19 bits per heavy atom. The van der Waals surface area contributed by atoms with Gasteiger partial charge in [-0.15, -0.1) is 0 Å². The predicted molar refractivity (Wildman–Crippen MR) is 90.5 cm³/mol. The maximum absolute atomic E-state index is 13.0. The molecule has 8 heteroatoms. The summed E-state index contributed by atoms with van der Waals surface area (Å²) < 4.78 is 34.7. The van der Waals surface area contributed by atoms with Gasteiger partial charge in [0.2, 0.25) is 0 Å². The maximum atomic E-state index is 13.0. The van der Waals surface area contributed by atoms with Crippen LogP contribution in [-0.2, 0) is 0 Å². The molecule has 0 aliphatic carbocycles. The van der Waals surface area contributed by atoms with Gasteiger partial charge in [0.15, 0.2) is 11.5 Å². The van der Waals surface area contributed by atoms with Gasteiger partial charge >= 0.3 is 6.61 Å². The number of nitrogens with one attached hydrogen (secondary N) is 1. The molecule has 1 N–H and O–H groups in total. The molecule has 1 aliphatic rings. The van der Waals surface area contributed by atoms with Crippen molar-refractivity contribution >= 4 is 5.91 Å². The second kappa shape index (κ2) is 8.09. The fourth-order valence-electron chi connectivity index (χ4n) is 2.98. The van der Waals surface area contributed by atoms with Gasteiger partial charge in [-0.05, 0) is 29.8 Å². The topological polar surface area (TPSA) is 63.7 Å². The molecule has 2 aromatic rings. The van der Waals surface area contributed by atoms with E-state index in [-0.39, 0.29) is 29.0 Å². The van der Waals surface area contributed by atoms with Crippen molar-refractivity contribution < 1.29 is 23.0 Å². The number of hydrogen-bond donors (Lipinski definition) is 1. The molecule has 6 nitrogen and oxygen atoms in total. The molecule has 2 heterocycles. The number of benzene rings is 1. The van der Waals surface area contributed by atoms with Gasteiger partial charge in [0, 0.05) is 37.6 Å². The smallest absolute Gasteiger partial charge is 0.387 e. The van der Waals surface area contributed by atoms with Crippen molar-refractivity contribution in [1.82, 2.24) is 15.2 Å². The Balaban J connectivity index is 1.89. The van der Waals surface area contributed by atoms with E-state index >= 15 is 0 Å². The van der Waals surface area contributed by atoms with Crippen LogP contribution in [0.3, 0.4) is 0 Å². The number of carbonyl (C=O) groups excluding carboxylic acids is 1. The lowest BCUT2D eigenvalue weighted by Gasteiger charge is -2.36. The van der Waals surface area contributed by atoms with Crippen molar-refractivity contribution in [2.45, 2.75) is 12.7 Å². The molecule has 1 aliphatic heterocycles. The van der Waals surface area contributed by atoms with Crippen molar-refractivity contribution in [2.75, 3.05) is 26.7 Å². The normalized spacial score (nSPS) is 17.2. The number of nitrogens with zero attached hydrogens (tertiary/aromatic N) is 2. The Kier molecular flexibility index (Phi) is 5.62. The summed E-state index contributed by atoms with van der Waals surface area (Å²) in [7, 11) is 1.35. The molecule has 1 aromatic carbocycles. The van der Waals surface area contributed by atoms with E-state index < -0.39 is 6.61 Å². The first-order valence-electron chi connectivity index (χ1n) is 8.14. The van der Waals surface area contributed by atoms with Gasteiger partial charge in [-0.2, -0.15) is 8.78 Å². The summed E-state index contributed by atoms with van der Waals surface area (Å²) in [5, 5.41) is 3.26. The van der Waals surface area contributed by atoms with Gasteiger partial charge in [-0.3, -0.25) is 9.78 Å². The van der Waals surface area contributed by atoms with Crippen LogP contribution in [0.4, 0.5) is 8.78 Å². The van der Waals surface area contributed by atoms with E-state index in [2.05, 4.69) is 15.0 Å². The zero-order valence-electron chi connectivity index (χ0n) is 14.2. The first kappa shape index (κ1) is 18.1. The van der Waals surface area contributed by atoms with E-state index in [1.807, 2.05) is 12.1 Å². The highest BCUT2D eigenvalue weighted by Crippen LogP contribution is 2.31. The summed E-state index contributed by atoms with van der Waals surface area (Å²) in [5.74, 6) is -0.283. The van der Waals surface area contributed by atoms with Gasteiger partial charge in [0.05, 0.1) is 13.2 Å². The highest BCUT2D eigenvalue weighted by atomic mass is 19.3. The molecule has 1 amide bonds. The van der Waals surface area contributed by atoms with Crippen molar-refractivity contribution in [3.05, 3.63) is 53.9 Å². The average Bonchev–Trinajstić information content (AvgIpc) is 2.67. The summed E-state index contributed by atoms with van der Waals surface area (Å²) in [6.07, 6.45) is 3.39. The Bertz CT molecular complexity index is 759. The molecule has 0 bridgehead atoms. The lowest BCUT2D eigenvalue weighted by molar-refractivity contribution is -0.0512. The molecule has 138 valence electrons. The molecule has 0 spiro atoms. The minimum absolute atomic E-state index is 0.144. The third-order valence-corrected chi connectivity index (χ3v) is 4.20. The number of rotatable bonds is 5. The van der Waals surface area contributed by atoms with E-state index in [0.29, 0.717) is 19.6 Å². The van der Waals surface area contributed by atoms with Crippen molar-refractivity contribution in [1.29, 1.82) is 0 Å². The number of hydrogen-bond acceptors (Lipinski definition) is 5. The van der Waals surface area contributed by atoms with Gasteiger partial charge in [-0.1, -0.05) is 6.07 Å². The van der Waals surface area contributed by atoms with E-state index in [4.69, 9.17) is 4.74 Å². The number of alkyl halides is 2. The molecular weight excluding hydrogens is 344 g/mol. The first-order valence-corrected chi connectivity index (χ1v) is 8.14. The van der Waals surface area contributed by atoms with Crippen LogP contribution in [0.25, 0.3) is 0 Å². The number of amides is 1. The maximum Gasteiger partial charge on any atom is 0.387 e. The zero-order valence-corrected chi connectivity index (χ0v) is 14.2. The molecule has 0 radical (unpaired) electrons. The van der Waals surface area contributed by atoms with Crippen LogP contribution in [-0.4, -0.2) is 49.1 Å². The fourth-order valence-corrected chi connectivity index (χ4v) is 2.98. The van der Waals surface area contributed by atoms with Crippen LogP contribution in [0.1, 0.15) is 22.0 Å². The van der Waals surface area contributed by atoms with Crippen molar-refractivity contribution in [3.8, 4) is 11.5 Å². The average molecular weight is 363 g/mol. The Labute approximate surface area is 149 Å². The Morgan fingerprint density at radius 3 is 2.88 bits per heavy atom. The molecule has 1 saturated heterocycles. The lowest BCUT2D eigenvalue weighted by Crippen LogP contribution is -2.48. The van der Waals surface area contributed by atoms with E-state index in [9.17, 15) is 13.6 Å². The third kappa shape index (κ3) is 3.91. The van der Waals surface area contributed by atoms with E-state index in [0.717, 1.165) is 5.56 Å². The molecule has 26 heavy (non-hydrogen) atoms. The second-order valence-electron chi connectivity index (χ2n) is 5.75. The Morgan fingerprint density at radius 1 is 1.35 bits per heavy atom. The molecular formula is C18H19F2N3O3. The third-order valence-electron chi connectivity index (χ3n) is 4.20. The minimum atomic E-state index is -3.00. The quantitative estimate of drug-likeness (QED) is 0.884. The molecule has 1 aromatic heterocycles. The van der Waals surface area contributed by atoms with Gasteiger partial charge in [0.1, 0.15) is 0 Å². The van der Waals surface area contributed by atoms with Crippen LogP contribution in [0.5, 0.6) is 11.5 Å². The standard InChI is InChI=1S/C18H19F2N3O3/c1-25-15-5-4-12(9-16(15)26-18(19)20)17(24)23-8-7-22-11-14(23)13-3-2-6-21-10-13/h2-6,9-10,14,18,22H,7-8,11H2,1H3. The summed E-state index contributed by atoms with van der Waals surface area (Å²) in [6.45, 7) is -1.26. The molecule has 1 fully saturated rings. The zero-order chi connectivity index (χ0) is 18.5. The SMILES string of the molecule is COc1ccc(C(=O)N2CCNCC2c2cccnc2)cc1OC(F)F. The van der Waals surface area contributed by atoms with Gasteiger partial charge in [-0.25, -0.2) is 0 Å². The minimum Gasteiger partial charge on any atom is -0.493 e. The summed E-state index contributed by atoms with van der Waals surface area (Å²) in [5.41, 5.74) is 1.17. The summed E-state index contributed by atoms with van der Waals surface area (Å²) in [6, 6.07) is 7.81. The molecule has 1 unspecified atom stereocenters. The molecule has 0 saturated carbocycles. The van der Waals surface area contributed by atoms with Crippen LogP contribution in [0.15, 0.2) is 42.7 Å². The monoisotopic (exact) mass is 363 g/mol. The summed E-state index contributed by atoms with van der Waals surface area (Å²) >= 11 is 0. The largest absolute Gasteiger partial charge is 0.493 e. The van der Waals surface area contributed by atoms with Gasteiger partial charge in [0.25, 0.3) is 5.91 Å². The number of ether oxygens (including phenoxy) is 2. The highest BCUT2D eigenvalue weighted by molar-refractivity contribution is 5.95. The summed E-state index contributed by atoms with van der Waals surface area (Å²) in [4.78, 5) is 18.8. The molecule has 1 atom stereocenters. The number of methoxy groups -OCH3 is 1. The van der Waals surface area contributed by atoms with Crippen LogP contribution in [0, 0.1) is 0 Å². The lowest BCUT2D eigenvalue weighted by atomic mass is 10.0. The first-order chi connectivity index (χ1) is 12.6. The van der Waals surface area contributed by atoms with E-state index in [1.54, 1.807) is 23.4 Å². The van der Waals surface area contributed by atoms with Crippen LogP contribution < -0.4 is 14.8 Å². The fraction of sp³-hybridized carbons (Fsp3) is 0.333. The highest BCUT2D eigenvalue weighted by Gasteiger charge is 2.29. The second-order valence-corrected chi connectivity index (χ2v) is 5.75. The number of aromatic nitrogens is 1. The Hall–Kier alpha value is -2.74. The van der Waals surface area contributed by atoms with Crippen molar-refractivity contribution in [2.24, 2.45) is 0 Å². The van der Waals surface area contributed by atoms with Crippen LogP contribution in [0.2, 0.25) is 0 Å². The predicted octanol–water partition coefficient (Wildman–Crippen LogP) is 2.48. The molecule has 3 rings (SSSR count). The van der Waals surface area contributed by atoms with Crippen molar-refractivity contribution in [3.63, 3.8) is 0 Å². The number of halogens is 2. The van der Waals surface area contributed by atoms with Crippen LogP contribution >= 0.6 is 0 Å². The van der Waals surface area contributed by atoms with E-state index in [1.165, 1.54) is 19.2 Å². The number of pyridine rings is 1. The van der Waals surface area contributed by atoms with Gasteiger partial charge < -0.3 is 19.7 Å². The number of carbonyl (C=O) groups is 1. The number of piperazine rings is 1.